The van der Waals surface area contributed by atoms with Gasteiger partial charge in [-0.2, -0.15) is 0 Å². The van der Waals surface area contributed by atoms with Crippen LogP contribution >= 0.6 is 0 Å². The van der Waals surface area contributed by atoms with Gasteiger partial charge in [0, 0.05) is 24.2 Å². The van der Waals surface area contributed by atoms with E-state index in [9.17, 15) is 4.79 Å². The highest BCUT2D eigenvalue weighted by atomic mass is 16.2. The predicted octanol–water partition coefficient (Wildman–Crippen LogP) is 4.13. The van der Waals surface area contributed by atoms with Crippen LogP contribution < -0.4 is 10.6 Å². The lowest BCUT2D eigenvalue weighted by Crippen LogP contribution is -2.31. The van der Waals surface area contributed by atoms with Crippen molar-refractivity contribution >= 4 is 17.2 Å². The van der Waals surface area contributed by atoms with Crippen LogP contribution in [0.5, 0.6) is 0 Å². The average molecular weight is 300 g/mol. The number of rotatable bonds is 9. The molecule has 1 aliphatic heterocycles. The first-order valence-corrected chi connectivity index (χ1v) is 8.61. The maximum absolute atomic E-state index is 12.6. The molecule has 0 aliphatic carbocycles. The molecule has 3 nitrogen and oxygen atoms in total. The molecule has 120 valence electrons. The van der Waals surface area contributed by atoms with Crippen LogP contribution in [0.15, 0.2) is 30.3 Å². The van der Waals surface area contributed by atoms with E-state index in [4.69, 9.17) is 5.73 Å². The molecular formula is C19H28N2O. The Kier molecular flexibility index (Phi) is 6.66. The molecule has 0 aromatic heterocycles. The Bertz CT molecular complexity index is 522. The molecule has 1 aliphatic rings. The summed E-state index contributed by atoms with van der Waals surface area (Å²) in [4.78, 5) is 14.4. The number of carbonyl (C=O) groups excluding carboxylic acids is 1. The number of nitrogens with two attached hydrogens (primary N) is 1. The molecule has 0 saturated heterocycles. The zero-order valence-electron chi connectivity index (χ0n) is 13.7. The monoisotopic (exact) mass is 300 g/mol. The van der Waals surface area contributed by atoms with Gasteiger partial charge in [-0.15, -0.1) is 0 Å². The molecule has 0 spiro atoms. The SMILES string of the molecule is CCCCCCCCC=C1C(=O)N(CCN)c2ccccc21. The Morgan fingerprint density at radius 1 is 1.09 bits per heavy atom. The summed E-state index contributed by atoms with van der Waals surface area (Å²) in [5.41, 5.74) is 8.57. The third kappa shape index (κ3) is 3.98. The van der Waals surface area contributed by atoms with E-state index in [2.05, 4.69) is 13.0 Å². The molecule has 1 heterocycles. The first-order chi connectivity index (χ1) is 10.8. The first-order valence-electron chi connectivity index (χ1n) is 8.61. The van der Waals surface area contributed by atoms with E-state index in [0.717, 1.165) is 23.2 Å². The van der Waals surface area contributed by atoms with Crippen molar-refractivity contribution in [2.24, 2.45) is 5.73 Å². The second-order valence-electron chi connectivity index (χ2n) is 5.94. The molecule has 3 heteroatoms. The van der Waals surface area contributed by atoms with Crippen LogP contribution in [0.25, 0.3) is 5.57 Å². The van der Waals surface area contributed by atoms with E-state index in [1.807, 2.05) is 29.2 Å². The van der Waals surface area contributed by atoms with E-state index in [0.29, 0.717) is 13.1 Å². The van der Waals surface area contributed by atoms with Gasteiger partial charge in [0.05, 0.1) is 5.69 Å². The number of para-hydroxylation sites is 1. The van der Waals surface area contributed by atoms with Gasteiger partial charge in [-0.05, 0) is 18.9 Å². The van der Waals surface area contributed by atoms with E-state index < -0.39 is 0 Å². The van der Waals surface area contributed by atoms with Crippen molar-refractivity contribution in [1.29, 1.82) is 0 Å². The molecule has 1 amide bonds. The maximum atomic E-state index is 12.6. The second-order valence-corrected chi connectivity index (χ2v) is 5.94. The van der Waals surface area contributed by atoms with Crippen LogP contribution in [0, 0.1) is 0 Å². The zero-order valence-corrected chi connectivity index (χ0v) is 13.7. The summed E-state index contributed by atoms with van der Waals surface area (Å²) in [7, 11) is 0. The van der Waals surface area contributed by atoms with Crippen molar-refractivity contribution in [2.75, 3.05) is 18.0 Å². The van der Waals surface area contributed by atoms with Crippen molar-refractivity contribution in [3.63, 3.8) is 0 Å². The molecule has 1 aromatic carbocycles. The molecule has 0 atom stereocenters. The van der Waals surface area contributed by atoms with Crippen LogP contribution in [0.2, 0.25) is 0 Å². The molecular weight excluding hydrogens is 272 g/mol. The fourth-order valence-electron chi connectivity index (χ4n) is 3.03. The Morgan fingerprint density at radius 3 is 2.59 bits per heavy atom. The summed E-state index contributed by atoms with van der Waals surface area (Å²) in [5, 5.41) is 0. The third-order valence-corrected chi connectivity index (χ3v) is 4.22. The van der Waals surface area contributed by atoms with Gasteiger partial charge in [0.15, 0.2) is 0 Å². The summed E-state index contributed by atoms with van der Waals surface area (Å²) in [5.74, 6) is 0.109. The lowest BCUT2D eigenvalue weighted by molar-refractivity contribution is -0.113. The van der Waals surface area contributed by atoms with E-state index >= 15 is 0 Å². The van der Waals surface area contributed by atoms with Gasteiger partial charge in [-0.3, -0.25) is 4.79 Å². The largest absolute Gasteiger partial charge is 0.329 e. The number of carbonyl (C=O) groups is 1. The number of anilines is 1. The van der Waals surface area contributed by atoms with E-state index in [-0.39, 0.29) is 5.91 Å². The minimum absolute atomic E-state index is 0.109. The van der Waals surface area contributed by atoms with Crippen LogP contribution in [-0.4, -0.2) is 19.0 Å². The molecule has 0 unspecified atom stereocenters. The lowest BCUT2D eigenvalue weighted by atomic mass is 10.0. The number of benzene rings is 1. The molecule has 2 rings (SSSR count). The third-order valence-electron chi connectivity index (χ3n) is 4.22. The highest BCUT2D eigenvalue weighted by Gasteiger charge is 2.30. The second kappa shape index (κ2) is 8.74. The highest BCUT2D eigenvalue weighted by Crippen LogP contribution is 2.36. The normalized spacial score (nSPS) is 15.6. The number of hydrogen-bond donors (Lipinski definition) is 1. The number of unbranched alkanes of at least 4 members (excludes halogenated alkanes) is 6. The average Bonchev–Trinajstić information content (AvgIpc) is 2.80. The topological polar surface area (TPSA) is 46.3 Å². The summed E-state index contributed by atoms with van der Waals surface area (Å²) in [6.07, 6.45) is 10.8. The molecule has 22 heavy (non-hydrogen) atoms. The summed E-state index contributed by atoms with van der Waals surface area (Å²) >= 11 is 0. The summed E-state index contributed by atoms with van der Waals surface area (Å²) in [6.45, 7) is 3.32. The van der Waals surface area contributed by atoms with Gasteiger partial charge in [0.2, 0.25) is 0 Å². The van der Waals surface area contributed by atoms with Crippen molar-refractivity contribution in [1.82, 2.24) is 0 Å². The van der Waals surface area contributed by atoms with Crippen molar-refractivity contribution in [3.8, 4) is 0 Å². The molecule has 0 bridgehead atoms. The summed E-state index contributed by atoms with van der Waals surface area (Å²) < 4.78 is 0. The fraction of sp³-hybridized carbons (Fsp3) is 0.526. The first kappa shape index (κ1) is 16.8. The van der Waals surface area contributed by atoms with Crippen LogP contribution in [0.4, 0.5) is 5.69 Å². The molecule has 0 saturated carbocycles. The minimum Gasteiger partial charge on any atom is -0.329 e. The lowest BCUT2D eigenvalue weighted by Gasteiger charge is -2.15. The van der Waals surface area contributed by atoms with Gasteiger partial charge >= 0.3 is 0 Å². The Balaban J connectivity index is 1.95. The van der Waals surface area contributed by atoms with Gasteiger partial charge in [0.1, 0.15) is 0 Å². The quantitative estimate of drug-likeness (QED) is 0.550. The Morgan fingerprint density at radius 2 is 1.82 bits per heavy atom. The van der Waals surface area contributed by atoms with Crippen molar-refractivity contribution in [2.45, 2.75) is 51.9 Å². The number of amides is 1. The van der Waals surface area contributed by atoms with Crippen molar-refractivity contribution < 1.29 is 4.79 Å². The van der Waals surface area contributed by atoms with Crippen molar-refractivity contribution in [3.05, 3.63) is 35.9 Å². The molecule has 0 radical (unpaired) electrons. The van der Waals surface area contributed by atoms with Gasteiger partial charge in [-0.25, -0.2) is 0 Å². The zero-order chi connectivity index (χ0) is 15.8. The Hall–Kier alpha value is -1.61. The Labute approximate surface area is 134 Å². The highest BCUT2D eigenvalue weighted by molar-refractivity contribution is 6.32. The maximum Gasteiger partial charge on any atom is 0.258 e. The van der Waals surface area contributed by atoms with Crippen LogP contribution in [0.1, 0.15) is 57.4 Å². The number of nitrogens with zero attached hydrogens (tertiary/aromatic N) is 1. The standard InChI is InChI=1S/C19H28N2O/c1-2-3-4-5-6-7-8-12-17-16-11-9-10-13-18(16)21(15-14-20)19(17)22/h9-13H,2-8,14-15,20H2,1H3. The smallest absolute Gasteiger partial charge is 0.258 e. The van der Waals surface area contributed by atoms with Gasteiger partial charge in [-0.1, -0.05) is 63.3 Å². The van der Waals surface area contributed by atoms with E-state index in [1.165, 1.54) is 38.5 Å². The number of allylic oxidation sites excluding steroid dienone is 1. The van der Waals surface area contributed by atoms with E-state index in [1.54, 1.807) is 0 Å². The van der Waals surface area contributed by atoms with Crippen LogP contribution in [-0.2, 0) is 4.79 Å². The predicted molar refractivity (Wildman–Crippen MR) is 93.8 cm³/mol. The number of fused-ring (bicyclic) bond motifs is 1. The molecule has 2 N–H and O–H groups in total. The van der Waals surface area contributed by atoms with Gasteiger partial charge in [0.25, 0.3) is 5.91 Å². The fourth-order valence-corrected chi connectivity index (χ4v) is 3.03. The van der Waals surface area contributed by atoms with Gasteiger partial charge < -0.3 is 10.6 Å². The van der Waals surface area contributed by atoms with Crippen LogP contribution in [0.3, 0.4) is 0 Å². The molecule has 1 aromatic rings. The molecule has 0 fully saturated rings. The number of hydrogen-bond acceptors (Lipinski definition) is 2. The summed E-state index contributed by atoms with van der Waals surface area (Å²) in [6, 6.07) is 8.02. The minimum atomic E-state index is 0.109.